The van der Waals surface area contributed by atoms with Crippen LogP contribution in [0.3, 0.4) is 0 Å². The molecule has 0 aliphatic heterocycles. The first-order valence-electron chi connectivity index (χ1n) is 4.95. The van der Waals surface area contributed by atoms with Crippen molar-refractivity contribution in [3.8, 4) is 0 Å². The molecule has 0 atom stereocenters. The smallest absolute Gasteiger partial charge is 0.302 e. The molecule has 0 bridgehead atoms. The SMILES string of the molecule is [C-]#[N+]CC(=O)N(C)CCc1cccc(Br)c1. The molecule has 1 rings (SSSR count). The average Bonchev–Trinajstić information content (AvgIpc) is 2.26. The van der Waals surface area contributed by atoms with Crippen LogP contribution in [0.15, 0.2) is 28.7 Å². The summed E-state index contributed by atoms with van der Waals surface area (Å²) >= 11 is 3.40. The molecule has 0 N–H and O–H groups in total. The van der Waals surface area contributed by atoms with E-state index < -0.39 is 0 Å². The van der Waals surface area contributed by atoms with Crippen molar-refractivity contribution in [2.45, 2.75) is 6.42 Å². The minimum atomic E-state index is -0.120. The van der Waals surface area contributed by atoms with Crippen LogP contribution in [0.2, 0.25) is 0 Å². The van der Waals surface area contributed by atoms with E-state index in [4.69, 9.17) is 6.57 Å². The second kappa shape index (κ2) is 6.29. The third-order valence-electron chi connectivity index (χ3n) is 2.26. The maximum absolute atomic E-state index is 11.3. The van der Waals surface area contributed by atoms with Crippen LogP contribution in [0.25, 0.3) is 4.85 Å². The van der Waals surface area contributed by atoms with Crippen LogP contribution < -0.4 is 0 Å². The van der Waals surface area contributed by atoms with Crippen molar-refractivity contribution in [2.24, 2.45) is 0 Å². The molecule has 1 amide bonds. The number of amides is 1. The summed E-state index contributed by atoms with van der Waals surface area (Å²) in [4.78, 5) is 16.0. The first-order valence-corrected chi connectivity index (χ1v) is 5.74. The number of likely N-dealkylation sites (N-methyl/N-ethyl adjacent to an activating group) is 1. The Hall–Kier alpha value is -1.34. The van der Waals surface area contributed by atoms with Crippen molar-refractivity contribution in [3.63, 3.8) is 0 Å². The van der Waals surface area contributed by atoms with Gasteiger partial charge in [0, 0.05) is 18.1 Å². The quantitative estimate of drug-likeness (QED) is 0.778. The Morgan fingerprint density at radius 1 is 1.56 bits per heavy atom. The molecule has 3 nitrogen and oxygen atoms in total. The van der Waals surface area contributed by atoms with Crippen LogP contribution in [-0.2, 0) is 11.2 Å². The molecule has 0 spiro atoms. The number of carbonyl (C=O) groups excluding carboxylic acids is 1. The number of rotatable bonds is 4. The van der Waals surface area contributed by atoms with Crippen LogP contribution >= 0.6 is 15.9 Å². The van der Waals surface area contributed by atoms with Gasteiger partial charge in [-0.05, 0) is 24.1 Å². The predicted molar refractivity (Wildman–Crippen MR) is 67.0 cm³/mol. The summed E-state index contributed by atoms with van der Waals surface area (Å²) in [6.07, 6.45) is 0.805. The van der Waals surface area contributed by atoms with E-state index in [1.54, 1.807) is 11.9 Å². The predicted octanol–water partition coefficient (Wildman–Crippen LogP) is 2.37. The summed E-state index contributed by atoms with van der Waals surface area (Å²) in [7, 11) is 1.73. The van der Waals surface area contributed by atoms with E-state index in [1.165, 1.54) is 5.56 Å². The fraction of sp³-hybridized carbons (Fsp3) is 0.333. The molecule has 0 aliphatic rings. The maximum atomic E-state index is 11.3. The van der Waals surface area contributed by atoms with Gasteiger partial charge in [-0.1, -0.05) is 28.1 Å². The lowest BCUT2D eigenvalue weighted by molar-refractivity contribution is -0.127. The van der Waals surface area contributed by atoms with E-state index in [9.17, 15) is 4.79 Å². The molecular formula is C12H13BrN2O. The highest BCUT2D eigenvalue weighted by Crippen LogP contribution is 2.12. The first kappa shape index (κ1) is 12.7. The van der Waals surface area contributed by atoms with Crippen LogP contribution in [0.5, 0.6) is 0 Å². The van der Waals surface area contributed by atoms with E-state index >= 15 is 0 Å². The molecule has 84 valence electrons. The fourth-order valence-corrected chi connectivity index (χ4v) is 1.75. The Morgan fingerprint density at radius 3 is 2.94 bits per heavy atom. The van der Waals surface area contributed by atoms with Crippen LogP contribution in [0.1, 0.15) is 5.56 Å². The van der Waals surface area contributed by atoms with Gasteiger partial charge in [-0.3, -0.25) is 4.79 Å². The molecular weight excluding hydrogens is 268 g/mol. The van der Waals surface area contributed by atoms with Gasteiger partial charge < -0.3 is 9.74 Å². The van der Waals surface area contributed by atoms with Gasteiger partial charge in [0.15, 0.2) is 0 Å². The van der Waals surface area contributed by atoms with Crippen molar-refractivity contribution >= 4 is 21.8 Å². The molecule has 1 aromatic rings. The average molecular weight is 281 g/mol. The zero-order valence-corrected chi connectivity index (χ0v) is 10.7. The van der Waals surface area contributed by atoms with Crippen molar-refractivity contribution in [2.75, 3.05) is 20.1 Å². The molecule has 0 saturated carbocycles. The molecule has 0 aromatic heterocycles. The fourth-order valence-electron chi connectivity index (χ4n) is 1.30. The van der Waals surface area contributed by atoms with Gasteiger partial charge in [0.1, 0.15) is 0 Å². The number of nitrogens with zero attached hydrogens (tertiary/aromatic N) is 2. The van der Waals surface area contributed by atoms with E-state index in [0.29, 0.717) is 6.54 Å². The van der Waals surface area contributed by atoms with Crippen LogP contribution in [0, 0.1) is 6.57 Å². The lowest BCUT2D eigenvalue weighted by Gasteiger charge is -2.14. The normalized spacial score (nSPS) is 9.56. The van der Waals surface area contributed by atoms with Gasteiger partial charge in [-0.15, -0.1) is 0 Å². The highest BCUT2D eigenvalue weighted by Gasteiger charge is 2.10. The molecule has 1 aromatic carbocycles. The largest absolute Gasteiger partial charge is 0.339 e. The van der Waals surface area contributed by atoms with Crippen LogP contribution in [0.4, 0.5) is 0 Å². The zero-order chi connectivity index (χ0) is 12.0. The highest BCUT2D eigenvalue weighted by atomic mass is 79.9. The minimum absolute atomic E-state index is 0.0605. The van der Waals surface area contributed by atoms with Crippen molar-refractivity contribution in [1.82, 2.24) is 4.90 Å². The summed E-state index contributed by atoms with van der Waals surface area (Å²) in [6, 6.07) is 8.00. The first-order chi connectivity index (χ1) is 7.63. The molecule has 0 radical (unpaired) electrons. The number of carbonyl (C=O) groups is 1. The molecule has 4 heteroatoms. The standard InChI is InChI=1S/C12H13BrN2O/c1-14-9-12(16)15(2)7-6-10-4-3-5-11(13)8-10/h3-5,8H,6-7,9H2,2H3. The van der Waals surface area contributed by atoms with E-state index in [-0.39, 0.29) is 12.5 Å². The van der Waals surface area contributed by atoms with Gasteiger partial charge in [0.05, 0.1) is 0 Å². The van der Waals surface area contributed by atoms with Gasteiger partial charge in [-0.25, -0.2) is 6.57 Å². The zero-order valence-electron chi connectivity index (χ0n) is 9.11. The van der Waals surface area contributed by atoms with Crippen molar-refractivity contribution in [3.05, 3.63) is 45.7 Å². The monoisotopic (exact) mass is 280 g/mol. The molecule has 0 fully saturated rings. The van der Waals surface area contributed by atoms with E-state index in [0.717, 1.165) is 10.9 Å². The highest BCUT2D eigenvalue weighted by molar-refractivity contribution is 9.10. The number of hydrogen-bond acceptors (Lipinski definition) is 1. The third kappa shape index (κ3) is 4.03. The third-order valence-corrected chi connectivity index (χ3v) is 2.76. The van der Waals surface area contributed by atoms with Gasteiger partial charge in [0.2, 0.25) is 0 Å². The topological polar surface area (TPSA) is 24.7 Å². The Balaban J connectivity index is 2.46. The molecule has 0 unspecified atom stereocenters. The Morgan fingerprint density at radius 2 is 2.31 bits per heavy atom. The lowest BCUT2D eigenvalue weighted by atomic mass is 10.1. The number of halogens is 1. The van der Waals surface area contributed by atoms with Crippen molar-refractivity contribution in [1.29, 1.82) is 0 Å². The Labute approximate surface area is 104 Å². The van der Waals surface area contributed by atoms with Crippen molar-refractivity contribution < 1.29 is 4.79 Å². The summed E-state index contributed by atoms with van der Waals surface area (Å²) < 4.78 is 1.04. The van der Waals surface area contributed by atoms with E-state index in [2.05, 4.69) is 20.8 Å². The number of hydrogen-bond donors (Lipinski definition) is 0. The second-order valence-corrected chi connectivity index (χ2v) is 4.43. The second-order valence-electron chi connectivity index (χ2n) is 3.51. The van der Waals surface area contributed by atoms with Gasteiger partial charge >= 0.3 is 5.91 Å². The van der Waals surface area contributed by atoms with Crippen LogP contribution in [-0.4, -0.2) is 30.9 Å². The lowest BCUT2D eigenvalue weighted by Crippen LogP contribution is -2.30. The maximum Gasteiger partial charge on any atom is 0.302 e. The minimum Gasteiger partial charge on any atom is -0.339 e. The Kier molecular flexibility index (Phi) is 5.00. The summed E-state index contributed by atoms with van der Waals surface area (Å²) in [5, 5.41) is 0. The summed E-state index contributed by atoms with van der Waals surface area (Å²) in [5.74, 6) is -0.120. The molecule has 0 aliphatic carbocycles. The Bertz CT molecular complexity index is 412. The molecule has 0 saturated heterocycles. The summed E-state index contributed by atoms with van der Waals surface area (Å²) in [6.45, 7) is 7.21. The van der Waals surface area contributed by atoms with Gasteiger partial charge in [0.25, 0.3) is 6.54 Å². The van der Waals surface area contributed by atoms with E-state index in [1.807, 2.05) is 24.3 Å². The van der Waals surface area contributed by atoms with Gasteiger partial charge in [-0.2, -0.15) is 0 Å². The molecule has 16 heavy (non-hydrogen) atoms. The summed E-state index contributed by atoms with van der Waals surface area (Å²) in [5.41, 5.74) is 1.18. The molecule has 0 heterocycles. The number of benzene rings is 1.